The van der Waals surface area contributed by atoms with Crippen LogP contribution in [0.5, 0.6) is 0 Å². The first-order valence-corrected chi connectivity index (χ1v) is 9.42. The van der Waals surface area contributed by atoms with Gasteiger partial charge in [0.2, 0.25) is 0 Å². The van der Waals surface area contributed by atoms with E-state index in [9.17, 15) is 9.59 Å². The highest BCUT2D eigenvalue weighted by Crippen LogP contribution is 2.27. The van der Waals surface area contributed by atoms with Crippen LogP contribution in [0.2, 0.25) is 5.02 Å². The van der Waals surface area contributed by atoms with Gasteiger partial charge in [0.05, 0.1) is 22.8 Å². The molecule has 1 fully saturated rings. The zero-order chi connectivity index (χ0) is 19.4. The number of rotatable bonds is 5. The molecule has 4 N–H and O–H groups in total. The van der Waals surface area contributed by atoms with Gasteiger partial charge < -0.3 is 16.4 Å². The Kier molecular flexibility index (Phi) is 6.08. The summed E-state index contributed by atoms with van der Waals surface area (Å²) in [4.78, 5) is 24.5. The van der Waals surface area contributed by atoms with E-state index >= 15 is 0 Å². The van der Waals surface area contributed by atoms with Crippen molar-refractivity contribution >= 4 is 29.1 Å². The van der Waals surface area contributed by atoms with Crippen LogP contribution in [0.3, 0.4) is 0 Å². The van der Waals surface area contributed by atoms with E-state index in [4.69, 9.17) is 17.3 Å². The van der Waals surface area contributed by atoms with E-state index < -0.39 is 5.91 Å². The lowest BCUT2D eigenvalue weighted by Gasteiger charge is -2.25. The summed E-state index contributed by atoms with van der Waals surface area (Å²) in [5.74, 6) is -0.682. The molecule has 27 heavy (non-hydrogen) atoms. The molecule has 2 aromatic rings. The first kappa shape index (κ1) is 19.3. The Balaban J connectivity index is 1.69. The largest absolute Gasteiger partial charge is 0.352 e. The molecule has 0 saturated heterocycles. The number of nitrogens with two attached hydrogens (primary N) is 1. The molecule has 9 heteroatoms. The predicted molar refractivity (Wildman–Crippen MR) is 103 cm³/mol. The summed E-state index contributed by atoms with van der Waals surface area (Å²) < 4.78 is 1.74. The number of anilines is 1. The van der Waals surface area contributed by atoms with Crippen molar-refractivity contribution < 1.29 is 9.59 Å². The zero-order valence-electron chi connectivity index (χ0n) is 15.1. The standard InChI is InChI=1S/C18H23ClN6O2/c1-2-21-17(26)14-9-12(5-8-15(14)19)22-18(27)16-10-25(24-23-16)13-6-3-11(20)4-7-13/h5,8-11,13H,2-4,6-7,20H2,1H3,(H,21,26)(H,22,27). The Morgan fingerprint density at radius 2 is 2.00 bits per heavy atom. The van der Waals surface area contributed by atoms with Crippen LogP contribution >= 0.6 is 11.6 Å². The Labute approximate surface area is 162 Å². The molecule has 2 amide bonds. The van der Waals surface area contributed by atoms with Crippen LogP contribution in [0.15, 0.2) is 24.4 Å². The van der Waals surface area contributed by atoms with Gasteiger partial charge in [0.1, 0.15) is 0 Å². The monoisotopic (exact) mass is 390 g/mol. The highest BCUT2D eigenvalue weighted by molar-refractivity contribution is 6.34. The first-order valence-electron chi connectivity index (χ1n) is 9.04. The van der Waals surface area contributed by atoms with Gasteiger partial charge in [-0.15, -0.1) is 5.10 Å². The third kappa shape index (κ3) is 4.64. The Morgan fingerprint density at radius 1 is 1.26 bits per heavy atom. The van der Waals surface area contributed by atoms with Crippen molar-refractivity contribution in [1.82, 2.24) is 20.3 Å². The lowest BCUT2D eigenvalue weighted by Crippen LogP contribution is -2.28. The quantitative estimate of drug-likeness (QED) is 0.725. The van der Waals surface area contributed by atoms with Crippen LogP contribution < -0.4 is 16.4 Å². The number of nitrogens with zero attached hydrogens (tertiary/aromatic N) is 3. The summed E-state index contributed by atoms with van der Waals surface area (Å²) in [6.07, 6.45) is 5.40. The molecule has 1 aliphatic rings. The summed E-state index contributed by atoms with van der Waals surface area (Å²) in [6.45, 7) is 2.31. The topological polar surface area (TPSA) is 115 Å². The molecule has 0 radical (unpaired) electrons. The number of amides is 2. The van der Waals surface area contributed by atoms with Crippen molar-refractivity contribution in [3.63, 3.8) is 0 Å². The highest BCUT2D eigenvalue weighted by atomic mass is 35.5. The van der Waals surface area contributed by atoms with Gasteiger partial charge in [-0.2, -0.15) is 0 Å². The van der Waals surface area contributed by atoms with Gasteiger partial charge in [-0.05, 0) is 50.8 Å². The molecule has 1 heterocycles. The first-order chi connectivity index (χ1) is 13.0. The highest BCUT2D eigenvalue weighted by Gasteiger charge is 2.22. The minimum atomic E-state index is -0.391. The maximum absolute atomic E-state index is 12.5. The Hall–Kier alpha value is -2.45. The Morgan fingerprint density at radius 3 is 2.70 bits per heavy atom. The van der Waals surface area contributed by atoms with E-state index in [1.54, 1.807) is 23.0 Å². The molecular weight excluding hydrogens is 368 g/mol. The molecular formula is C18H23ClN6O2. The summed E-state index contributed by atoms with van der Waals surface area (Å²) in [5.41, 5.74) is 6.92. The maximum Gasteiger partial charge on any atom is 0.277 e. The molecule has 0 bridgehead atoms. The van der Waals surface area contributed by atoms with E-state index in [1.165, 1.54) is 6.07 Å². The van der Waals surface area contributed by atoms with Gasteiger partial charge in [0.25, 0.3) is 11.8 Å². The van der Waals surface area contributed by atoms with Crippen molar-refractivity contribution in [2.75, 3.05) is 11.9 Å². The number of benzene rings is 1. The number of hydrogen-bond donors (Lipinski definition) is 3. The summed E-state index contributed by atoms with van der Waals surface area (Å²) >= 11 is 6.07. The molecule has 3 rings (SSSR count). The van der Waals surface area contributed by atoms with Crippen molar-refractivity contribution in [2.45, 2.75) is 44.7 Å². The maximum atomic E-state index is 12.5. The fourth-order valence-corrected chi connectivity index (χ4v) is 3.36. The van der Waals surface area contributed by atoms with Crippen LogP contribution in [0, 0.1) is 0 Å². The second-order valence-electron chi connectivity index (χ2n) is 6.66. The number of nitrogens with one attached hydrogen (secondary N) is 2. The van der Waals surface area contributed by atoms with Crippen molar-refractivity contribution in [1.29, 1.82) is 0 Å². The molecule has 0 aliphatic heterocycles. The molecule has 0 unspecified atom stereocenters. The predicted octanol–water partition coefficient (Wildman–Crippen LogP) is 2.38. The Bertz CT molecular complexity index is 829. The summed E-state index contributed by atoms with van der Waals surface area (Å²) in [6, 6.07) is 5.22. The van der Waals surface area contributed by atoms with E-state index in [0.29, 0.717) is 22.8 Å². The fourth-order valence-electron chi connectivity index (χ4n) is 3.15. The molecule has 144 valence electrons. The molecule has 8 nitrogen and oxygen atoms in total. The molecule has 0 atom stereocenters. The van der Waals surface area contributed by atoms with Gasteiger partial charge in [-0.3, -0.25) is 9.59 Å². The minimum absolute atomic E-state index is 0.221. The van der Waals surface area contributed by atoms with Crippen molar-refractivity contribution in [3.8, 4) is 0 Å². The third-order valence-electron chi connectivity index (χ3n) is 4.66. The second-order valence-corrected chi connectivity index (χ2v) is 7.07. The number of hydrogen-bond acceptors (Lipinski definition) is 5. The average Bonchev–Trinajstić information content (AvgIpc) is 3.14. The minimum Gasteiger partial charge on any atom is -0.352 e. The van der Waals surface area contributed by atoms with E-state index in [2.05, 4.69) is 20.9 Å². The SMILES string of the molecule is CCNC(=O)c1cc(NC(=O)c2cn(C3CCC(N)CC3)nn2)ccc1Cl. The molecule has 1 saturated carbocycles. The van der Waals surface area contributed by atoms with E-state index in [1.807, 2.05) is 6.92 Å². The van der Waals surface area contributed by atoms with Gasteiger partial charge in [0.15, 0.2) is 5.69 Å². The molecule has 1 aromatic heterocycles. The lowest BCUT2D eigenvalue weighted by molar-refractivity contribution is 0.0954. The second kappa shape index (κ2) is 8.49. The van der Waals surface area contributed by atoms with Gasteiger partial charge in [-0.25, -0.2) is 4.68 Å². The van der Waals surface area contributed by atoms with Crippen LogP contribution in [0.1, 0.15) is 59.5 Å². The van der Waals surface area contributed by atoms with Crippen LogP contribution in [0.4, 0.5) is 5.69 Å². The number of carbonyl (C=O) groups is 2. The van der Waals surface area contributed by atoms with Crippen molar-refractivity contribution in [3.05, 3.63) is 40.7 Å². The van der Waals surface area contributed by atoms with Crippen LogP contribution in [-0.2, 0) is 0 Å². The van der Waals surface area contributed by atoms with Crippen LogP contribution in [-0.4, -0.2) is 39.4 Å². The van der Waals surface area contributed by atoms with Crippen molar-refractivity contribution in [2.24, 2.45) is 5.73 Å². The fraction of sp³-hybridized carbons (Fsp3) is 0.444. The average molecular weight is 391 g/mol. The van der Waals surface area contributed by atoms with E-state index in [0.717, 1.165) is 25.7 Å². The molecule has 1 aliphatic carbocycles. The number of halogens is 1. The third-order valence-corrected chi connectivity index (χ3v) is 4.99. The van der Waals surface area contributed by atoms with Crippen LogP contribution in [0.25, 0.3) is 0 Å². The zero-order valence-corrected chi connectivity index (χ0v) is 15.9. The molecule has 0 spiro atoms. The van der Waals surface area contributed by atoms with Gasteiger partial charge in [-0.1, -0.05) is 16.8 Å². The number of aromatic nitrogens is 3. The summed E-state index contributed by atoms with van der Waals surface area (Å²) in [5, 5.41) is 13.8. The summed E-state index contributed by atoms with van der Waals surface area (Å²) in [7, 11) is 0. The van der Waals surface area contributed by atoms with E-state index in [-0.39, 0.29) is 23.7 Å². The lowest BCUT2D eigenvalue weighted by atomic mass is 9.92. The normalized spacial score (nSPS) is 19.5. The number of carbonyl (C=O) groups excluding carboxylic acids is 2. The smallest absolute Gasteiger partial charge is 0.277 e. The van der Waals surface area contributed by atoms with Gasteiger partial charge >= 0.3 is 0 Å². The molecule has 1 aromatic carbocycles. The van der Waals surface area contributed by atoms with Gasteiger partial charge in [0, 0.05) is 18.3 Å².